The number of carbonyl (C=O) groups excluding carboxylic acids is 2. The first kappa shape index (κ1) is 22.8. The highest BCUT2D eigenvalue weighted by Crippen LogP contribution is 2.39. The van der Waals surface area contributed by atoms with Crippen molar-refractivity contribution in [3.63, 3.8) is 0 Å². The predicted octanol–water partition coefficient (Wildman–Crippen LogP) is 5.08. The molecule has 2 heterocycles. The van der Waals surface area contributed by atoms with Crippen molar-refractivity contribution in [1.82, 2.24) is 9.88 Å². The molecule has 176 valence electrons. The maximum absolute atomic E-state index is 13.2. The summed E-state index contributed by atoms with van der Waals surface area (Å²) < 4.78 is 5.86. The first-order valence-electron chi connectivity index (χ1n) is 11.1. The van der Waals surface area contributed by atoms with Gasteiger partial charge in [-0.3, -0.25) is 4.79 Å². The minimum atomic E-state index is -0.453. The zero-order valence-electron chi connectivity index (χ0n) is 19.6. The maximum Gasteiger partial charge on any atom is 0.337 e. The van der Waals surface area contributed by atoms with Crippen LogP contribution in [0.15, 0.2) is 66.2 Å². The molecule has 0 saturated carbocycles. The molecule has 0 unspecified atom stereocenters. The summed E-state index contributed by atoms with van der Waals surface area (Å²) in [5, 5.41) is 6.40. The molecule has 1 aliphatic rings. The van der Waals surface area contributed by atoms with E-state index in [0.29, 0.717) is 22.5 Å². The second-order valence-electron chi connectivity index (χ2n) is 8.55. The fraction of sp³-hybridized carbons (Fsp3) is 0.148. The van der Waals surface area contributed by atoms with Crippen LogP contribution in [0.25, 0.3) is 21.5 Å². The van der Waals surface area contributed by atoms with Crippen molar-refractivity contribution in [3.05, 3.63) is 88.4 Å². The number of fused-ring (bicyclic) bond motifs is 2. The lowest BCUT2D eigenvalue weighted by molar-refractivity contribution is -0.110. The summed E-state index contributed by atoms with van der Waals surface area (Å²) in [5.41, 5.74) is 8.53. The van der Waals surface area contributed by atoms with Gasteiger partial charge in [0.2, 0.25) is 0 Å². The van der Waals surface area contributed by atoms with Crippen LogP contribution in [0.5, 0.6) is 0 Å². The number of hydrogen-bond acceptors (Lipinski definition) is 7. The van der Waals surface area contributed by atoms with E-state index in [4.69, 9.17) is 4.74 Å². The number of methoxy groups -OCH3 is 1. The molecule has 0 spiro atoms. The van der Waals surface area contributed by atoms with Crippen molar-refractivity contribution < 1.29 is 14.3 Å². The van der Waals surface area contributed by atoms with E-state index in [1.807, 2.05) is 49.9 Å². The molecule has 35 heavy (non-hydrogen) atoms. The quantitative estimate of drug-likeness (QED) is 0.293. The highest BCUT2D eigenvalue weighted by atomic mass is 32.1. The third kappa shape index (κ3) is 4.53. The predicted molar refractivity (Wildman–Crippen MR) is 140 cm³/mol. The molecule has 2 N–H and O–H groups in total. The third-order valence-corrected chi connectivity index (χ3v) is 6.57. The number of benzene rings is 3. The molecule has 0 fully saturated rings. The lowest BCUT2D eigenvalue weighted by Gasteiger charge is -2.16. The summed E-state index contributed by atoms with van der Waals surface area (Å²) in [6.07, 6.45) is 0. The maximum atomic E-state index is 13.2. The molecule has 4 aromatic rings. The van der Waals surface area contributed by atoms with Crippen LogP contribution in [-0.4, -0.2) is 43.0 Å². The number of esters is 1. The summed E-state index contributed by atoms with van der Waals surface area (Å²) in [5.74, 6) is -0.690. The normalized spacial score (nSPS) is 14.1. The molecule has 0 saturated heterocycles. The van der Waals surface area contributed by atoms with E-state index in [1.165, 1.54) is 12.7 Å². The Morgan fingerprint density at radius 1 is 1.06 bits per heavy atom. The van der Waals surface area contributed by atoms with Gasteiger partial charge in [0.1, 0.15) is 0 Å². The Morgan fingerprint density at radius 2 is 1.83 bits per heavy atom. The number of nitrogens with one attached hydrogen (secondary N) is 2. The van der Waals surface area contributed by atoms with Crippen molar-refractivity contribution in [1.29, 1.82) is 0 Å². The zero-order chi connectivity index (χ0) is 24.5. The van der Waals surface area contributed by atoms with Crippen molar-refractivity contribution in [3.8, 4) is 0 Å². The number of anilines is 2. The molecular weight excluding hydrogens is 460 g/mol. The van der Waals surface area contributed by atoms with Crippen molar-refractivity contribution in [2.75, 3.05) is 31.8 Å². The van der Waals surface area contributed by atoms with Crippen LogP contribution in [0.4, 0.5) is 11.4 Å². The number of hydrogen-bond donors (Lipinski definition) is 2. The van der Waals surface area contributed by atoms with Crippen LogP contribution in [-0.2, 0) is 16.1 Å². The fourth-order valence-corrected chi connectivity index (χ4v) is 4.87. The minimum Gasteiger partial charge on any atom is -0.465 e. The zero-order valence-corrected chi connectivity index (χ0v) is 20.4. The van der Waals surface area contributed by atoms with Crippen molar-refractivity contribution in [2.24, 2.45) is 0 Å². The van der Waals surface area contributed by atoms with Gasteiger partial charge in [0.15, 0.2) is 0 Å². The lowest BCUT2D eigenvalue weighted by atomic mass is 9.98. The average Bonchev–Trinajstić information content (AvgIpc) is 3.45. The Labute approximate surface area is 207 Å². The van der Waals surface area contributed by atoms with Crippen LogP contribution in [0.3, 0.4) is 0 Å². The number of rotatable bonds is 6. The molecule has 0 atom stereocenters. The number of amides is 1. The molecule has 7 nitrogen and oxygen atoms in total. The Bertz CT molecular complexity index is 1470. The van der Waals surface area contributed by atoms with Gasteiger partial charge in [-0.1, -0.05) is 24.3 Å². The Balaban J connectivity index is 1.62. The van der Waals surface area contributed by atoms with E-state index in [0.717, 1.165) is 33.6 Å². The van der Waals surface area contributed by atoms with Gasteiger partial charge >= 0.3 is 5.97 Å². The van der Waals surface area contributed by atoms with Crippen LogP contribution >= 0.6 is 11.3 Å². The summed E-state index contributed by atoms with van der Waals surface area (Å²) >= 11 is 1.55. The second kappa shape index (κ2) is 9.32. The molecule has 1 amide bonds. The summed E-state index contributed by atoms with van der Waals surface area (Å²) in [7, 11) is 5.40. The van der Waals surface area contributed by atoms with Gasteiger partial charge in [0.05, 0.1) is 45.4 Å². The number of ether oxygens (including phenoxy) is 1. The molecule has 1 aliphatic heterocycles. The number of carbonyl (C=O) groups is 2. The lowest BCUT2D eigenvalue weighted by Crippen LogP contribution is -2.11. The molecule has 1 aromatic heterocycles. The van der Waals surface area contributed by atoms with E-state index in [-0.39, 0.29) is 5.91 Å². The Hall–Kier alpha value is -4.01. The first-order chi connectivity index (χ1) is 16.9. The fourth-order valence-electron chi connectivity index (χ4n) is 4.16. The summed E-state index contributed by atoms with van der Waals surface area (Å²) in [4.78, 5) is 31.7. The van der Waals surface area contributed by atoms with E-state index in [2.05, 4.69) is 32.7 Å². The Morgan fingerprint density at radius 3 is 2.57 bits per heavy atom. The monoisotopic (exact) mass is 484 g/mol. The van der Waals surface area contributed by atoms with Crippen LogP contribution in [0, 0.1) is 0 Å². The Kier molecular flexibility index (Phi) is 6.07. The van der Waals surface area contributed by atoms with Gasteiger partial charge < -0.3 is 20.3 Å². The standard InChI is InChI=1S/C27H24N4O3S/c1-31(2)14-16-4-8-19(9-5-16)29-25(17-7-11-21-23(13-17)35-15-28-21)24-20-10-6-18(27(33)34-3)12-22(20)30-26(24)32/h4-13,15,29H,14H2,1-3H3,(H,30,32). The second-order valence-corrected chi connectivity index (χ2v) is 9.44. The van der Waals surface area contributed by atoms with Gasteiger partial charge in [0, 0.05) is 23.4 Å². The average molecular weight is 485 g/mol. The highest BCUT2D eigenvalue weighted by Gasteiger charge is 2.29. The molecular formula is C27H24N4O3S. The largest absolute Gasteiger partial charge is 0.465 e. The van der Waals surface area contributed by atoms with E-state index < -0.39 is 5.97 Å². The summed E-state index contributed by atoms with van der Waals surface area (Å²) in [6.45, 7) is 0.842. The summed E-state index contributed by atoms with van der Waals surface area (Å²) in [6, 6.07) is 19.2. The van der Waals surface area contributed by atoms with Gasteiger partial charge in [-0.2, -0.15) is 0 Å². The molecule has 8 heteroatoms. The highest BCUT2D eigenvalue weighted by molar-refractivity contribution is 7.16. The number of thiazole rings is 1. The van der Waals surface area contributed by atoms with Gasteiger partial charge in [-0.15, -0.1) is 11.3 Å². The number of aromatic nitrogens is 1. The molecule has 5 rings (SSSR count). The minimum absolute atomic E-state index is 0.238. The van der Waals surface area contributed by atoms with E-state index in [9.17, 15) is 9.59 Å². The van der Waals surface area contributed by atoms with Crippen LogP contribution in [0.2, 0.25) is 0 Å². The topological polar surface area (TPSA) is 83.6 Å². The molecule has 3 aromatic carbocycles. The third-order valence-electron chi connectivity index (χ3n) is 5.78. The first-order valence-corrected chi connectivity index (χ1v) is 11.9. The van der Waals surface area contributed by atoms with Crippen molar-refractivity contribution >= 4 is 56.1 Å². The number of nitrogens with zero attached hydrogens (tertiary/aromatic N) is 2. The molecule has 0 bridgehead atoms. The van der Waals surface area contributed by atoms with Gasteiger partial charge in [0.25, 0.3) is 5.91 Å². The van der Waals surface area contributed by atoms with E-state index >= 15 is 0 Å². The van der Waals surface area contributed by atoms with Crippen LogP contribution in [0.1, 0.15) is 27.0 Å². The van der Waals surface area contributed by atoms with E-state index in [1.54, 1.807) is 29.5 Å². The smallest absolute Gasteiger partial charge is 0.337 e. The van der Waals surface area contributed by atoms with Gasteiger partial charge in [-0.25, -0.2) is 9.78 Å². The van der Waals surface area contributed by atoms with Crippen molar-refractivity contribution in [2.45, 2.75) is 6.54 Å². The van der Waals surface area contributed by atoms with Gasteiger partial charge in [-0.05, 0) is 56.1 Å². The molecule has 0 radical (unpaired) electrons. The van der Waals surface area contributed by atoms with Crippen LogP contribution < -0.4 is 10.6 Å². The SMILES string of the molecule is COC(=O)c1ccc2c(c1)NC(=O)C2=C(Nc1ccc(CN(C)C)cc1)c1ccc2ncsc2c1. The molecule has 0 aliphatic carbocycles.